The SMILES string of the molecule is Cc1ccc(S(=O)(=O)N2CCCC(C)CC2)cc1CN. The van der Waals surface area contributed by atoms with Crippen molar-refractivity contribution >= 4 is 10.0 Å². The van der Waals surface area contributed by atoms with Crippen molar-refractivity contribution in [3.8, 4) is 0 Å². The molecule has 0 saturated carbocycles. The van der Waals surface area contributed by atoms with Gasteiger partial charge >= 0.3 is 0 Å². The Bertz CT molecular complexity index is 569. The van der Waals surface area contributed by atoms with Gasteiger partial charge in [0.05, 0.1) is 4.90 Å². The van der Waals surface area contributed by atoms with Gasteiger partial charge in [-0.15, -0.1) is 0 Å². The normalized spacial score (nSPS) is 21.6. The molecule has 0 aromatic heterocycles. The molecule has 0 aliphatic carbocycles. The number of rotatable bonds is 3. The second-order valence-electron chi connectivity index (χ2n) is 5.73. The highest BCUT2D eigenvalue weighted by molar-refractivity contribution is 7.89. The summed E-state index contributed by atoms with van der Waals surface area (Å²) in [6.45, 7) is 5.75. The van der Waals surface area contributed by atoms with Crippen molar-refractivity contribution in [1.82, 2.24) is 4.31 Å². The first-order chi connectivity index (χ1) is 9.45. The minimum atomic E-state index is -3.38. The zero-order valence-electron chi connectivity index (χ0n) is 12.3. The minimum absolute atomic E-state index is 0.367. The van der Waals surface area contributed by atoms with E-state index in [1.807, 2.05) is 13.0 Å². The van der Waals surface area contributed by atoms with Crippen molar-refractivity contribution < 1.29 is 8.42 Å². The molecule has 1 saturated heterocycles. The van der Waals surface area contributed by atoms with Crippen LogP contribution in [0.15, 0.2) is 23.1 Å². The van der Waals surface area contributed by atoms with E-state index in [1.54, 1.807) is 16.4 Å². The van der Waals surface area contributed by atoms with Gasteiger partial charge in [0.1, 0.15) is 0 Å². The van der Waals surface area contributed by atoms with Crippen LogP contribution < -0.4 is 5.73 Å². The van der Waals surface area contributed by atoms with Crippen LogP contribution in [0.1, 0.15) is 37.3 Å². The van der Waals surface area contributed by atoms with Crippen LogP contribution in [0.5, 0.6) is 0 Å². The van der Waals surface area contributed by atoms with Gasteiger partial charge in [-0.2, -0.15) is 4.31 Å². The van der Waals surface area contributed by atoms with Crippen molar-refractivity contribution in [1.29, 1.82) is 0 Å². The fourth-order valence-corrected chi connectivity index (χ4v) is 4.20. The minimum Gasteiger partial charge on any atom is -0.326 e. The molecule has 0 spiro atoms. The summed E-state index contributed by atoms with van der Waals surface area (Å²) in [5.74, 6) is 0.604. The first kappa shape index (κ1) is 15.5. The van der Waals surface area contributed by atoms with Crippen LogP contribution in [0, 0.1) is 12.8 Å². The van der Waals surface area contributed by atoms with Gasteiger partial charge < -0.3 is 5.73 Å². The van der Waals surface area contributed by atoms with Crippen LogP contribution in [0.25, 0.3) is 0 Å². The van der Waals surface area contributed by atoms with Crippen LogP contribution in [0.4, 0.5) is 0 Å². The van der Waals surface area contributed by atoms with Gasteiger partial charge in [-0.1, -0.05) is 13.0 Å². The fraction of sp³-hybridized carbons (Fsp3) is 0.600. The summed E-state index contributed by atoms with van der Waals surface area (Å²) in [4.78, 5) is 0.373. The van der Waals surface area contributed by atoms with Crippen molar-refractivity contribution in [3.05, 3.63) is 29.3 Å². The zero-order valence-corrected chi connectivity index (χ0v) is 13.1. The molecule has 2 N–H and O–H groups in total. The molecule has 1 fully saturated rings. The number of sulfonamides is 1. The second-order valence-corrected chi connectivity index (χ2v) is 7.67. The van der Waals surface area contributed by atoms with Gasteiger partial charge in [0, 0.05) is 19.6 Å². The van der Waals surface area contributed by atoms with Crippen LogP contribution in [-0.4, -0.2) is 25.8 Å². The molecule has 1 atom stereocenters. The third-order valence-electron chi connectivity index (χ3n) is 4.15. The van der Waals surface area contributed by atoms with E-state index in [-0.39, 0.29) is 0 Å². The number of aryl methyl sites for hydroxylation is 1. The molecule has 0 bridgehead atoms. The maximum atomic E-state index is 12.7. The largest absolute Gasteiger partial charge is 0.326 e. The van der Waals surface area contributed by atoms with Crippen molar-refractivity contribution in [2.75, 3.05) is 13.1 Å². The Morgan fingerprint density at radius 2 is 2.05 bits per heavy atom. The smallest absolute Gasteiger partial charge is 0.243 e. The highest BCUT2D eigenvalue weighted by Crippen LogP contribution is 2.24. The monoisotopic (exact) mass is 296 g/mol. The Balaban J connectivity index is 2.29. The number of hydrogen-bond donors (Lipinski definition) is 1. The molecule has 20 heavy (non-hydrogen) atoms. The summed E-state index contributed by atoms with van der Waals surface area (Å²) in [6, 6.07) is 5.26. The molecular weight excluding hydrogens is 272 g/mol. The topological polar surface area (TPSA) is 63.4 Å². The number of benzene rings is 1. The Morgan fingerprint density at radius 1 is 1.30 bits per heavy atom. The molecule has 1 aliphatic heterocycles. The van der Waals surface area contributed by atoms with Gasteiger partial charge in [0.2, 0.25) is 10.0 Å². The van der Waals surface area contributed by atoms with E-state index in [9.17, 15) is 8.42 Å². The molecule has 1 heterocycles. The first-order valence-electron chi connectivity index (χ1n) is 7.25. The van der Waals surface area contributed by atoms with Gasteiger partial charge in [-0.3, -0.25) is 0 Å². The summed E-state index contributed by atoms with van der Waals surface area (Å²) in [5, 5.41) is 0. The summed E-state index contributed by atoms with van der Waals surface area (Å²) < 4.78 is 27.0. The summed E-state index contributed by atoms with van der Waals surface area (Å²) >= 11 is 0. The molecule has 112 valence electrons. The van der Waals surface area contributed by atoms with Gasteiger partial charge in [0.25, 0.3) is 0 Å². The lowest BCUT2D eigenvalue weighted by Gasteiger charge is -2.20. The van der Waals surface area contributed by atoms with E-state index in [2.05, 4.69) is 6.92 Å². The Morgan fingerprint density at radius 3 is 2.75 bits per heavy atom. The maximum absolute atomic E-state index is 12.7. The summed E-state index contributed by atoms with van der Waals surface area (Å²) in [7, 11) is -3.38. The zero-order chi connectivity index (χ0) is 14.8. The molecule has 1 aliphatic rings. The second kappa shape index (κ2) is 6.24. The molecule has 0 radical (unpaired) electrons. The molecule has 1 unspecified atom stereocenters. The Hall–Kier alpha value is -0.910. The van der Waals surface area contributed by atoms with Gasteiger partial charge in [0.15, 0.2) is 0 Å². The fourth-order valence-electron chi connectivity index (χ4n) is 2.65. The third-order valence-corrected chi connectivity index (χ3v) is 6.05. The van der Waals surface area contributed by atoms with Crippen LogP contribution in [-0.2, 0) is 16.6 Å². The third kappa shape index (κ3) is 3.22. The lowest BCUT2D eigenvalue weighted by atomic mass is 10.0. The molecule has 2 rings (SSSR count). The quantitative estimate of drug-likeness (QED) is 0.930. The summed E-state index contributed by atoms with van der Waals surface area (Å²) in [6.07, 6.45) is 2.98. The highest BCUT2D eigenvalue weighted by Gasteiger charge is 2.26. The number of nitrogens with zero attached hydrogens (tertiary/aromatic N) is 1. The van der Waals surface area contributed by atoms with Gasteiger partial charge in [-0.25, -0.2) is 8.42 Å². The molecule has 0 amide bonds. The predicted molar refractivity (Wildman–Crippen MR) is 80.8 cm³/mol. The van der Waals surface area contributed by atoms with E-state index in [1.165, 1.54) is 0 Å². The molecule has 4 nitrogen and oxygen atoms in total. The Kier molecular flexibility index (Phi) is 4.83. The summed E-state index contributed by atoms with van der Waals surface area (Å²) in [5.41, 5.74) is 7.61. The van der Waals surface area contributed by atoms with Crippen LogP contribution >= 0.6 is 0 Å². The van der Waals surface area contributed by atoms with Gasteiger partial charge in [-0.05, 0) is 55.4 Å². The molecule has 1 aromatic carbocycles. The average Bonchev–Trinajstić information content (AvgIpc) is 2.64. The average molecular weight is 296 g/mol. The molecular formula is C15H24N2O2S. The van der Waals surface area contributed by atoms with Crippen molar-refractivity contribution in [2.45, 2.75) is 44.6 Å². The van der Waals surface area contributed by atoms with E-state index >= 15 is 0 Å². The lowest BCUT2D eigenvalue weighted by Crippen LogP contribution is -2.32. The number of hydrogen-bond acceptors (Lipinski definition) is 3. The lowest BCUT2D eigenvalue weighted by molar-refractivity contribution is 0.416. The predicted octanol–water partition coefficient (Wildman–Crippen LogP) is 2.26. The Labute approximate surface area is 122 Å². The molecule has 1 aromatic rings. The van der Waals surface area contributed by atoms with E-state index < -0.39 is 10.0 Å². The van der Waals surface area contributed by atoms with Crippen molar-refractivity contribution in [3.63, 3.8) is 0 Å². The maximum Gasteiger partial charge on any atom is 0.243 e. The standard InChI is InChI=1S/C15H24N2O2S/c1-12-4-3-8-17(9-7-12)20(18,19)15-6-5-13(2)14(10-15)11-16/h5-6,10,12H,3-4,7-9,11,16H2,1-2H3. The highest BCUT2D eigenvalue weighted by atomic mass is 32.2. The van der Waals surface area contributed by atoms with E-state index in [0.29, 0.717) is 30.4 Å². The van der Waals surface area contributed by atoms with Crippen LogP contribution in [0.2, 0.25) is 0 Å². The van der Waals surface area contributed by atoms with E-state index in [0.717, 1.165) is 30.4 Å². The van der Waals surface area contributed by atoms with E-state index in [4.69, 9.17) is 5.73 Å². The first-order valence-corrected chi connectivity index (χ1v) is 8.69. The molecule has 5 heteroatoms. The van der Waals surface area contributed by atoms with Crippen molar-refractivity contribution in [2.24, 2.45) is 11.7 Å². The van der Waals surface area contributed by atoms with Crippen LogP contribution in [0.3, 0.4) is 0 Å². The number of nitrogens with two attached hydrogens (primary N) is 1.